The van der Waals surface area contributed by atoms with Crippen LogP contribution in [0, 0.1) is 11.3 Å². The van der Waals surface area contributed by atoms with E-state index in [-0.39, 0.29) is 51.8 Å². The van der Waals surface area contributed by atoms with Crippen molar-refractivity contribution in [3.05, 3.63) is 57.1 Å². The zero-order valence-electron chi connectivity index (χ0n) is 25.1. The maximum absolute atomic E-state index is 12.7. The molecule has 8 heteroatoms. The van der Waals surface area contributed by atoms with Crippen LogP contribution < -0.4 is 0 Å². The summed E-state index contributed by atoms with van der Waals surface area (Å²) in [6.07, 6.45) is 3.63. The van der Waals surface area contributed by atoms with Crippen LogP contribution in [0.25, 0.3) is 6.08 Å². The summed E-state index contributed by atoms with van der Waals surface area (Å²) < 4.78 is 15.5. The lowest BCUT2D eigenvalue weighted by Gasteiger charge is -2.27. The minimum atomic E-state index is -0.723. The van der Waals surface area contributed by atoms with Crippen LogP contribution in [0.5, 0.6) is 5.75 Å². The minimum absolute atomic E-state index is 0.0846. The Kier molecular flexibility index (Phi) is 10.5. The highest BCUT2D eigenvalue weighted by atomic mass is 16.5. The van der Waals surface area contributed by atoms with Gasteiger partial charge < -0.3 is 19.3 Å². The van der Waals surface area contributed by atoms with Crippen LogP contribution in [0.15, 0.2) is 40.4 Å². The molecule has 8 nitrogen and oxygen atoms in total. The molecule has 1 aromatic carbocycles. The number of allylic oxidation sites excluding steroid dienone is 2. The van der Waals surface area contributed by atoms with Gasteiger partial charge in [-0.1, -0.05) is 41.5 Å². The van der Waals surface area contributed by atoms with E-state index in [4.69, 9.17) is 14.2 Å². The van der Waals surface area contributed by atoms with Crippen molar-refractivity contribution in [1.82, 2.24) is 0 Å². The van der Waals surface area contributed by atoms with Gasteiger partial charge in [-0.2, -0.15) is 5.26 Å². The van der Waals surface area contributed by atoms with Crippen molar-refractivity contribution in [2.45, 2.75) is 85.0 Å². The van der Waals surface area contributed by atoms with E-state index in [9.17, 15) is 24.8 Å². The van der Waals surface area contributed by atoms with Crippen molar-refractivity contribution in [1.29, 1.82) is 5.26 Å². The molecule has 0 aliphatic heterocycles. The molecule has 0 saturated heterocycles. The lowest BCUT2D eigenvalue weighted by molar-refractivity contribution is -0.138. The highest BCUT2D eigenvalue weighted by Gasteiger charge is 2.34. The van der Waals surface area contributed by atoms with Crippen molar-refractivity contribution in [3.63, 3.8) is 0 Å². The normalized spacial score (nSPS) is 14.8. The van der Waals surface area contributed by atoms with Gasteiger partial charge >= 0.3 is 5.97 Å². The fraction of sp³-hybridized carbons (Fsp3) is 0.500. The second kappa shape index (κ2) is 13.0. The van der Waals surface area contributed by atoms with E-state index in [0.29, 0.717) is 42.4 Å². The number of benzene rings is 1. The number of Topliss-reactive ketones (excluding diaryl/α,β-unsaturated/α-hetero) is 2. The summed E-state index contributed by atoms with van der Waals surface area (Å²) in [5, 5.41) is 20.6. The molecule has 1 aliphatic carbocycles. The maximum Gasteiger partial charge on any atom is 0.348 e. The predicted octanol–water partition coefficient (Wildman–Crippen LogP) is 5.97. The monoisotopic (exact) mass is 551 g/mol. The zero-order chi connectivity index (χ0) is 30.4. The highest BCUT2D eigenvalue weighted by Crippen LogP contribution is 2.40. The summed E-state index contributed by atoms with van der Waals surface area (Å²) in [7, 11) is 2.65. The van der Waals surface area contributed by atoms with Crippen molar-refractivity contribution in [2.24, 2.45) is 0 Å². The molecular weight excluding hydrogens is 510 g/mol. The number of ketones is 2. The van der Waals surface area contributed by atoms with Gasteiger partial charge in [0, 0.05) is 22.3 Å². The lowest BCUT2D eigenvalue weighted by Crippen LogP contribution is -2.25. The number of ether oxygens (including phenoxy) is 3. The van der Waals surface area contributed by atoms with Gasteiger partial charge in [-0.25, -0.2) is 4.79 Å². The Morgan fingerprint density at radius 3 is 1.93 bits per heavy atom. The fourth-order valence-electron chi connectivity index (χ4n) is 4.50. The van der Waals surface area contributed by atoms with Gasteiger partial charge in [0.1, 0.15) is 17.4 Å². The number of phenolic OH excluding ortho intramolecular Hbond substituents is 1. The van der Waals surface area contributed by atoms with E-state index < -0.39 is 5.97 Å². The number of phenols is 1. The quantitative estimate of drug-likeness (QED) is 0.124. The third-order valence-electron chi connectivity index (χ3n) is 6.80. The Morgan fingerprint density at radius 1 is 0.925 bits per heavy atom. The summed E-state index contributed by atoms with van der Waals surface area (Å²) >= 11 is 0. The first-order chi connectivity index (χ1) is 18.6. The van der Waals surface area contributed by atoms with E-state index in [2.05, 4.69) is 0 Å². The number of esters is 1. The number of carbonyl (C=O) groups excluding carboxylic acids is 3. The van der Waals surface area contributed by atoms with Crippen LogP contribution >= 0.6 is 0 Å². The van der Waals surface area contributed by atoms with Gasteiger partial charge in [0.15, 0.2) is 0 Å². The zero-order valence-corrected chi connectivity index (χ0v) is 25.1. The number of hydrogen-bond donors (Lipinski definition) is 1. The number of methoxy groups -OCH3 is 2. The number of aromatic hydroxyl groups is 1. The average Bonchev–Trinajstić information content (AvgIpc) is 2.87. The first-order valence-electron chi connectivity index (χ1n) is 13.4. The summed E-state index contributed by atoms with van der Waals surface area (Å²) in [6.45, 7) is 13.7. The molecule has 0 bridgehead atoms. The highest BCUT2D eigenvalue weighted by molar-refractivity contribution is 6.23. The van der Waals surface area contributed by atoms with Crippen LogP contribution in [0.2, 0.25) is 0 Å². The minimum Gasteiger partial charge on any atom is -0.507 e. The SMILES string of the molecule is COC1=C(OC)C(=O)C(CCCCCOC(=O)/C(C#N)=C/c2cc(C(C)(C)C)c(O)c(C(C)(C)C)c2)=C(C)C1=O. The van der Waals surface area contributed by atoms with Gasteiger partial charge in [-0.15, -0.1) is 0 Å². The second-order valence-electron chi connectivity index (χ2n) is 11.9. The van der Waals surface area contributed by atoms with Crippen molar-refractivity contribution >= 4 is 23.6 Å². The summed E-state index contributed by atoms with van der Waals surface area (Å²) in [4.78, 5) is 37.9. The molecule has 1 aromatic rings. The predicted molar refractivity (Wildman–Crippen MR) is 152 cm³/mol. The molecule has 2 rings (SSSR count). The smallest absolute Gasteiger partial charge is 0.348 e. The van der Waals surface area contributed by atoms with Gasteiger partial charge in [0.05, 0.1) is 20.8 Å². The Morgan fingerprint density at radius 2 is 1.45 bits per heavy atom. The third kappa shape index (κ3) is 7.41. The van der Waals surface area contributed by atoms with Crippen LogP contribution in [0.1, 0.15) is 90.8 Å². The van der Waals surface area contributed by atoms with E-state index in [1.54, 1.807) is 19.1 Å². The van der Waals surface area contributed by atoms with E-state index >= 15 is 0 Å². The van der Waals surface area contributed by atoms with Gasteiger partial charge in [-0.05, 0) is 67.2 Å². The van der Waals surface area contributed by atoms with Gasteiger partial charge in [0.2, 0.25) is 23.1 Å². The molecule has 0 amide bonds. The number of hydrogen-bond acceptors (Lipinski definition) is 8. The number of carbonyl (C=O) groups is 3. The molecule has 0 heterocycles. The molecule has 40 heavy (non-hydrogen) atoms. The van der Waals surface area contributed by atoms with Crippen LogP contribution in [-0.4, -0.2) is 43.5 Å². The maximum atomic E-state index is 12.7. The second-order valence-corrected chi connectivity index (χ2v) is 11.9. The number of rotatable bonds is 10. The van der Waals surface area contributed by atoms with Crippen molar-refractivity contribution < 1.29 is 33.7 Å². The number of nitrogens with zero attached hydrogens (tertiary/aromatic N) is 1. The van der Waals surface area contributed by atoms with Crippen LogP contribution in [-0.2, 0) is 39.4 Å². The van der Waals surface area contributed by atoms with Gasteiger partial charge in [-0.3, -0.25) is 9.59 Å². The number of unbranched alkanes of at least 4 members (excludes halogenated alkanes) is 2. The van der Waals surface area contributed by atoms with E-state index in [0.717, 1.165) is 11.1 Å². The van der Waals surface area contributed by atoms with Crippen molar-refractivity contribution in [2.75, 3.05) is 20.8 Å². The molecule has 0 saturated carbocycles. The Balaban J connectivity index is 2.04. The van der Waals surface area contributed by atoms with E-state index in [1.807, 2.05) is 47.6 Å². The topological polar surface area (TPSA) is 123 Å². The number of nitriles is 1. The molecule has 0 atom stereocenters. The van der Waals surface area contributed by atoms with Crippen LogP contribution in [0.3, 0.4) is 0 Å². The molecular formula is C32H41NO7. The Labute approximate surface area is 237 Å². The van der Waals surface area contributed by atoms with Gasteiger partial charge in [0.25, 0.3) is 0 Å². The largest absolute Gasteiger partial charge is 0.507 e. The molecule has 0 aromatic heterocycles. The first kappa shape index (κ1) is 32.4. The molecule has 0 unspecified atom stereocenters. The fourth-order valence-corrected chi connectivity index (χ4v) is 4.50. The third-order valence-corrected chi connectivity index (χ3v) is 6.80. The van der Waals surface area contributed by atoms with Crippen molar-refractivity contribution in [3.8, 4) is 11.8 Å². The Bertz CT molecular complexity index is 1270. The van der Waals surface area contributed by atoms with Crippen LogP contribution in [0.4, 0.5) is 0 Å². The molecule has 1 N–H and O–H groups in total. The first-order valence-corrected chi connectivity index (χ1v) is 13.4. The summed E-state index contributed by atoms with van der Waals surface area (Å²) in [6, 6.07) is 5.52. The summed E-state index contributed by atoms with van der Waals surface area (Å²) in [5.74, 6) is -1.40. The Hall–Kier alpha value is -3.86. The summed E-state index contributed by atoms with van der Waals surface area (Å²) in [5.41, 5.74) is 2.00. The molecule has 1 aliphatic rings. The van der Waals surface area contributed by atoms with E-state index in [1.165, 1.54) is 20.3 Å². The molecule has 0 fully saturated rings. The molecule has 216 valence electrons. The molecule has 0 radical (unpaired) electrons. The standard InChI is InChI=1S/C32H41NO7/c1-19-22(26(35)29(39-9)28(38-8)25(19)34)13-11-10-12-14-40-30(37)21(18-33)15-20-16-23(31(2,3)4)27(36)24(17-20)32(5,6)7/h15-17,36H,10-14H2,1-9H3/b21-15+. The molecule has 0 spiro atoms. The average molecular weight is 552 g/mol. The lowest BCUT2D eigenvalue weighted by atomic mass is 9.78.